The van der Waals surface area contributed by atoms with Gasteiger partial charge in [0.15, 0.2) is 6.04 Å². The molecule has 5 heteroatoms. The van der Waals surface area contributed by atoms with Crippen LogP contribution in [0.25, 0.3) is 0 Å². The Bertz CT molecular complexity index is 700. The highest BCUT2D eigenvalue weighted by Gasteiger charge is 2.37. The lowest BCUT2D eigenvalue weighted by Gasteiger charge is -2.24. The molecule has 0 spiro atoms. The quantitative estimate of drug-likeness (QED) is 0.808. The van der Waals surface area contributed by atoms with E-state index in [1.807, 2.05) is 48.5 Å². The Kier molecular flexibility index (Phi) is 3.19. The van der Waals surface area contributed by atoms with Crippen molar-refractivity contribution in [2.75, 3.05) is 16.8 Å². The Morgan fingerprint density at radius 2 is 1.43 bits per heavy atom. The first kappa shape index (κ1) is 13.3. The van der Waals surface area contributed by atoms with Gasteiger partial charge in [0.2, 0.25) is 0 Å². The van der Waals surface area contributed by atoms with Gasteiger partial charge in [0.05, 0.1) is 11.4 Å². The minimum atomic E-state index is -1.21. The zero-order valence-electron chi connectivity index (χ0n) is 11.6. The summed E-state index contributed by atoms with van der Waals surface area (Å²) in [7, 11) is 1.63. The molecule has 1 heterocycles. The van der Waals surface area contributed by atoms with E-state index in [1.165, 1.54) is 9.80 Å². The minimum absolute atomic E-state index is 0.411. The van der Waals surface area contributed by atoms with Crippen molar-refractivity contribution in [2.45, 2.75) is 6.04 Å². The van der Waals surface area contributed by atoms with Crippen molar-refractivity contribution in [3.8, 4) is 0 Å². The summed E-state index contributed by atoms with van der Waals surface area (Å²) in [5.74, 6) is -0.839. The Morgan fingerprint density at radius 1 is 0.857 bits per heavy atom. The SMILES string of the molecule is CN1C(=O)C(N)C(=O)N(c2ccccc2)c2ccccc21. The van der Waals surface area contributed by atoms with Crippen molar-refractivity contribution in [3.63, 3.8) is 0 Å². The summed E-state index contributed by atoms with van der Waals surface area (Å²) in [6, 6.07) is 15.2. The molecule has 0 bridgehead atoms. The number of hydrogen-bond acceptors (Lipinski definition) is 3. The zero-order chi connectivity index (χ0) is 15.0. The lowest BCUT2D eigenvalue weighted by Crippen LogP contribution is -2.49. The van der Waals surface area contributed by atoms with Crippen LogP contribution in [0.3, 0.4) is 0 Å². The Balaban J connectivity index is 2.24. The summed E-state index contributed by atoms with van der Waals surface area (Å²) in [4.78, 5) is 27.8. The first-order chi connectivity index (χ1) is 10.1. The van der Waals surface area contributed by atoms with Crippen LogP contribution >= 0.6 is 0 Å². The number of para-hydroxylation sites is 3. The van der Waals surface area contributed by atoms with Crippen molar-refractivity contribution >= 4 is 28.9 Å². The van der Waals surface area contributed by atoms with Crippen molar-refractivity contribution in [2.24, 2.45) is 5.73 Å². The molecule has 0 fully saturated rings. The summed E-state index contributed by atoms with van der Waals surface area (Å²) in [5.41, 5.74) is 7.84. The molecule has 2 amide bonds. The van der Waals surface area contributed by atoms with E-state index in [2.05, 4.69) is 0 Å². The van der Waals surface area contributed by atoms with E-state index < -0.39 is 17.9 Å². The fourth-order valence-corrected chi connectivity index (χ4v) is 2.47. The van der Waals surface area contributed by atoms with Crippen LogP contribution in [0.15, 0.2) is 54.6 Å². The molecule has 21 heavy (non-hydrogen) atoms. The van der Waals surface area contributed by atoms with Gasteiger partial charge in [0, 0.05) is 12.7 Å². The predicted octanol–water partition coefficient (Wildman–Crippen LogP) is 1.66. The van der Waals surface area contributed by atoms with Gasteiger partial charge in [-0.05, 0) is 24.3 Å². The molecule has 2 aromatic carbocycles. The highest BCUT2D eigenvalue weighted by atomic mass is 16.2. The number of nitrogens with two attached hydrogens (primary N) is 1. The minimum Gasteiger partial charge on any atom is -0.312 e. The van der Waals surface area contributed by atoms with Crippen LogP contribution in [0.5, 0.6) is 0 Å². The fraction of sp³-hybridized carbons (Fsp3) is 0.125. The van der Waals surface area contributed by atoms with E-state index in [1.54, 1.807) is 13.1 Å². The third-order valence-electron chi connectivity index (χ3n) is 3.58. The monoisotopic (exact) mass is 281 g/mol. The first-order valence-electron chi connectivity index (χ1n) is 6.62. The maximum absolute atomic E-state index is 12.6. The summed E-state index contributed by atoms with van der Waals surface area (Å²) >= 11 is 0. The molecule has 1 atom stereocenters. The third kappa shape index (κ3) is 2.08. The van der Waals surface area contributed by atoms with Crippen molar-refractivity contribution in [1.82, 2.24) is 0 Å². The molecule has 0 saturated carbocycles. The molecular formula is C16H15N3O2. The Labute approximate surface area is 122 Å². The van der Waals surface area contributed by atoms with Crippen LogP contribution in [-0.4, -0.2) is 24.9 Å². The normalized spacial score (nSPS) is 18.5. The number of anilines is 3. The molecule has 106 valence electrons. The molecule has 2 N–H and O–H groups in total. The summed E-state index contributed by atoms with van der Waals surface area (Å²) < 4.78 is 0. The summed E-state index contributed by atoms with van der Waals surface area (Å²) in [6.07, 6.45) is 0. The number of amides is 2. The van der Waals surface area contributed by atoms with Crippen LogP contribution in [-0.2, 0) is 9.59 Å². The molecule has 0 aliphatic carbocycles. The van der Waals surface area contributed by atoms with Crippen LogP contribution in [0.2, 0.25) is 0 Å². The van der Waals surface area contributed by atoms with Gasteiger partial charge in [0.1, 0.15) is 0 Å². The maximum atomic E-state index is 12.6. The molecule has 3 rings (SSSR count). The molecule has 1 aliphatic rings. The highest BCUT2D eigenvalue weighted by molar-refractivity contribution is 6.22. The average Bonchev–Trinajstić information content (AvgIpc) is 2.60. The van der Waals surface area contributed by atoms with E-state index in [0.717, 1.165) is 0 Å². The maximum Gasteiger partial charge on any atom is 0.258 e. The van der Waals surface area contributed by atoms with E-state index >= 15 is 0 Å². The van der Waals surface area contributed by atoms with Gasteiger partial charge >= 0.3 is 0 Å². The number of carbonyl (C=O) groups excluding carboxylic acids is 2. The van der Waals surface area contributed by atoms with E-state index in [9.17, 15) is 9.59 Å². The number of benzene rings is 2. The largest absolute Gasteiger partial charge is 0.312 e. The second kappa shape index (κ2) is 5.03. The van der Waals surface area contributed by atoms with E-state index in [-0.39, 0.29) is 0 Å². The lowest BCUT2D eigenvalue weighted by molar-refractivity contribution is -0.127. The van der Waals surface area contributed by atoms with Gasteiger partial charge < -0.3 is 10.6 Å². The second-order valence-electron chi connectivity index (χ2n) is 4.87. The molecule has 0 radical (unpaired) electrons. The van der Waals surface area contributed by atoms with E-state index in [4.69, 9.17) is 5.73 Å². The Morgan fingerprint density at radius 3 is 2.10 bits per heavy atom. The standard InChI is InChI=1S/C16H15N3O2/c1-18-12-9-5-6-10-13(12)19(11-7-3-2-4-8-11)16(21)14(17)15(18)20/h2-10,14H,17H2,1H3. The zero-order valence-corrected chi connectivity index (χ0v) is 11.6. The smallest absolute Gasteiger partial charge is 0.258 e. The van der Waals surface area contributed by atoms with Gasteiger partial charge in [-0.2, -0.15) is 0 Å². The summed E-state index contributed by atoms with van der Waals surface area (Å²) in [5, 5.41) is 0. The lowest BCUT2D eigenvalue weighted by atomic mass is 10.2. The van der Waals surface area contributed by atoms with Gasteiger partial charge in [-0.25, -0.2) is 0 Å². The number of hydrogen-bond donors (Lipinski definition) is 1. The second-order valence-corrected chi connectivity index (χ2v) is 4.87. The van der Waals surface area contributed by atoms with Crippen LogP contribution in [0, 0.1) is 0 Å². The molecule has 5 nitrogen and oxygen atoms in total. The van der Waals surface area contributed by atoms with Gasteiger partial charge in [-0.15, -0.1) is 0 Å². The molecule has 0 saturated heterocycles. The van der Waals surface area contributed by atoms with E-state index in [0.29, 0.717) is 17.1 Å². The van der Waals surface area contributed by atoms with Gasteiger partial charge in [-0.3, -0.25) is 14.5 Å². The van der Waals surface area contributed by atoms with Crippen LogP contribution in [0.1, 0.15) is 0 Å². The number of rotatable bonds is 1. The number of carbonyl (C=O) groups is 2. The van der Waals surface area contributed by atoms with Crippen LogP contribution < -0.4 is 15.5 Å². The number of likely N-dealkylation sites (N-methyl/N-ethyl adjacent to an activating group) is 1. The van der Waals surface area contributed by atoms with Gasteiger partial charge in [-0.1, -0.05) is 30.3 Å². The van der Waals surface area contributed by atoms with Crippen molar-refractivity contribution in [3.05, 3.63) is 54.6 Å². The van der Waals surface area contributed by atoms with Gasteiger partial charge in [0.25, 0.3) is 11.8 Å². The highest BCUT2D eigenvalue weighted by Crippen LogP contribution is 2.36. The predicted molar refractivity (Wildman–Crippen MR) is 81.4 cm³/mol. The van der Waals surface area contributed by atoms with Crippen molar-refractivity contribution in [1.29, 1.82) is 0 Å². The molecule has 0 aromatic heterocycles. The third-order valence-corrected chi connectivity index (χ3v) is 3.58. The van der Waals surface area contributed by atoms with Crippen molar-refractivity contribution < 1.29 is 9.59 Å². The van der Waals surface area contributed by atoms with Crippen LogP contribution in [0.4, 0.5) is 17.1 Å². The topological polar surface area (TPSA) is 66.6 Å². The average molecular weight is 281 g/mol. The molecule has 2 aromatic rings. The molecule has 1 aliphatic heterocycles. The summed E-state index contributed by atoms with van der Waals surface area (Å²) in [6.45, 7) is 0. The fourth-order valence-electron chi connectivity index (χ4n) is 2.47. The first-order valence-corrected chi connectivity index (χ1v) is 6.62. The molecule has 1 unspecified atom stereocenters. The molecular weight excluding hydrogens is 266 g/mol. The Hall–Kier alpha value is -2.66. The number of nitrogens with zero attached hydrogens (tertiary/aromatic N) is 2. The number of fused-ring (bicyclic) bond motifs is 1.